The lowest BCUT2D eigenvalue weighted by Gasteiger charge is -2.37. The van der Waals surface area contributed by atoms with Gasteiger partial charge in [-0.05, 0) is 19.1 Å². The quantitative estimate of drug-likeness (QED) is 0.802. The maximum absolute atomic E-state index is 12.7. The normalized spacial score (nSPS) is 25.3. The number of hydrogen-bond donors (Lipinski definition) is 1. The Morgan fingerprint density at radius 2 is 1.90 bits per heavy atom. The van der Waals surface area contributed by atoms with Crippen molar-refractivity contribution >= 4 is 35.0 Å². The molecule has 2 amide bonds. The van der Waals surface area contributed by atoms with Gasteiger partial charge in [0.1, 0.15) is 5.78 Å². The molecule has 3 rings (SSSR count). The van der Waals surface area contributed by atoms with Gasteiger partial charge in [-0.1, -0.05) is 23.9 Å². The van der Waals surface area contributed by atoms with Crippen molar-refractivity contribution in [2.45, 2.75) is 29.4 Å². The summed E-state index contributed by atoms with van der Waals surface area (Å²) in [6.07, 6.45) is 0.759. The number of nitrogens with one attached hydrogen (secondary N) is 1. The number of carbonyl (C=O) groups excluding carboxylic acids is 3. The van der Waals surface area contributed by atoms with Crippen LogP contribution in [0.3, 0.4) is 0 Å². The fraction of sp³-hybridized carbons (Fsp3) is 0.400. The molecule has 110 valence electrons. The number of benzene rings is 1. The van der Waals surface area contributed by atoms with Crippen molar-refractivity contribution < 1.29 is 14.4 Å². The molecule has 2 heterocycles. The lowest BCUT2D eigenvalue weighted by Crippen LogP contribution is -2.55. The average Bonchev–Trinajstić information content (AvgIpc) is 2.48. The molecule has 0 spiro atoms. The Morgan fingerprint density at radius 1 is 1.24 bits per heavy atom. The third-order valence-corrected chi connectivity index (χ3v) is 5.24. The van der Waals surface area contributed by atoms with Gasteiger partial charge in [-0.3, -0.25) is 14.4 Å². The Bertz CT molecular complexity index is 621. The molecule has 6 heteroatoms. The van der Waals surface area contributed by atoms with E-state index in [1.54, 1.807) is 11.8 Å². The monoisotopic (exact) mass is 304 g/mol. The second-order valence-electron chi connectivity index (χ2n) is 5.42. The second-order valence-corrected chi connectivity index (χ2v) is 6.88. The molecule has 5 nitrogen and oxygen atoms in total. The van der Waals surface area contributed by atoms with Crippen molar-refractivity contribution in [2.75, 3.05) is 18.4 Å². The first-order valence-electron chi connectivity index (χ1n) is 6.91. The predicted molar refractivity (Wildman–Crippen MR) is 80.2 cm³/mol. The van der Waals surface area contributed by atoms with E-state index in [-0.39, 0.29) is 17.6 Å². The van der Waals surface area contributed by atoms with Crippen molar-refractivity contribution in [2.24, 2.45) is 0 Å². The van der Waals surface area contributed by atoms with E-state index in [1.807, 2.05) is 24.3 Å². The van der Waals surface area contributed by atoms with Gasteiger partial charge >= 0.3 is 0 Å². The molecule has 0 aliphatic carbocycles. The Kier molecular flexibility index (Phi) is 3.49. The van der Waals surface area contributed by atoms with Gasteiger partial charge in [0.25, 0.3) is 0 Å². The van der Waals surface area contributed by atoms with Crippen LogP contribution in [0.25, 0.3) is 0 Å². The molecule has 1 saturated heterocycles. The van der Waals surface area contributed by atoms with E-state index in [0.717, 1.165) is 10.6 Å². The van der Waals surface area contributed by atoms with E-state index in [1.165, 1.54) is 11.8 Å². The number of thioether (sulfide) groups is 1. The maximum atomic E-state index is 12.7. The summed E-state index contributed by atoms with van der Waals surface area (Å²) in [6.45, 7) is 2.47. The average molecular weight is 304 g/mol. The van der Waals surface area contributed by atoms with Gasteiger partial charge in [0, 0.05) is 30.8 Å². The smallest absolute Gasteiger partial charge is 0.250 e. The molecular formula is C15H16N2O3S. The number of rotatable bonds is 1. The zero-order valence-electron chi connectivity index (χ0n) is 11.7. The number of piperidine rings is 1. The van der Waals surface area contributed by atoms with Gasteiger partial charge < -0.3 is 10.2 Å². The fourth-order valence-corrected chi connectivity index (χ4v) is 3.74. The van der Waals surface area contributed by atoms with Crippen LogP contribution in [0.15, 0.2) is 29.2 Å². The highest BCUT2D eigenvalue weighted by Crippen LogP contribution is 2.43. The SMILES string of the molecule is CC1(C(=O)N2CCC(=O)CC2)Sc2ccccc2NC1=O. The van der Waals surface area contributed by atoms with E-state index < -0.39 is 4.75 Å². The molecular weight excluding hydrogens is 288 g/mol. The number of fused-ring (bicyclic) bond motifs is 1. The molecule has 2 aliphatic rings. The summed E-state index contributed by atoms with van der Waals surface area (Å²) < 4.78 is -1.17. The number of para-hydroxylation sites is 1. The third-order valence-electron chi connectivity index (χ3n) is 3.90. The standard InChI is InChI=1S/C15H16N2O3S/c1-15(14(20)17-8-6-10(18)7-9-17)13(19)16-11-4-2-3-5-12(11)21-15/h2-5H,6-9H2,1H3,(H,16,19). The number of ketones is 1. The highest BCUT2D eigenvalue weighted by molar-refractivity contribution is 8.02. The summed E-state index contributed by atoms with van der Waals surface area (Å²) in [4.78, 5) is 38.9. The van der Waals surface area contributed by atoms with Crippen molar-refractivity contribution in [1.29, 1.82) is 0 Å². The van der Waals surface area contributed by atoms with E-state index >= 15 is 0 Å². The van der Waals surface area contributed by atoms with E-state index in [9.17, 15) is 14.4 Å². The first kappa shape index (κ1) is 14.1. The Balaban J connectivity index is 1.85. The van der Waals surface area contributed by atoms with Crippen LogP contribution >= 0.6 is 11.8 Å². The molecule has 0 bridgehead atoms. The van der Waals surface area contributed by atoms with Gasteiger partial charge in [-0.15, -0.1) is 0 Å². The van der Waals surface area contributed by atoms with Gasteiger partial charge in [0.05, 0.1) is 5.69 Å². The van der Waals surface area contributed by atoms with Crippen LogP contribution in [0.4, 0.5) is 5.69 Å². The first-order valence-corrected chi connectivity index (χ1v) is 7.73. The number of anilines is 1. The van der Waals surface area contributed by atoms with E-state index in [4.69, 9.17) is 0 Å². The van der Waals surface area contributed by atoms with Crippen LogP contribution < -0.4 is 5.32 Å². The molecule has 0 saturated carbocycles. The second kappa shape index (κ2) is 5.18. The maximum Gasteiger partial charge on any atom is 0.250 e. The summed E-state index contributed by atoms with van der Waals surface area (Å²) in [5.41, 5.74) is 0.742. The summed E-state index contributed by atoms with van der Waals surface area (Å²) in [5, 5.41) is 2.81. The summed E-state index contributed by atoms with van der Waals surface area (Å²) in [5.74, 6) is -0.338. The van der Waals surface area contributed by atoms with Gasteiger partial charge in [0.15, 0.2) is 4.75 Å². The van der Waals surface area contributed by atoms with E-state index in [0.29, 0.717) is 25.9 Å². The molecule has 1 N–H and O–H groups in total. The van der Waals surface area contributed by atoms with Gasteiger partial charge in [-0.2, -0.15) is 0 Å². The Hall–Kier alpha value is -1.82. The third kappa shape index (κ3) is 2.44. The summed E-state index contributed by atoms with van der Waals surface area (Å²) >= 11 is 1.28. The van der Waals surface area contributed by atoms with Crippen molar-refractivity contribution in [3.63, 3.8) is 0 Å². The lowest BCUT2D eigenvalue weighted by atomic mass is 10.0. The predicted octanol–water partition coefficient (Wildman–Crippen LogP) is 1.68. The van der Waals surface area contributed by atoms with E-state index in [2.05, 4.69) is 5.32 Å². The van der Waals surface area contributed by atoms with Crippen LogP contribution in [-0.2, 0) is 14.4 Å². The number of nitrogens with zero attached hydrogens (tertiary/aromatic N) is 1. The molecule has 0 radical (unpaired) electrons. The highest BCUT2D eigenvalue weighted by atomic mass is 32.2. The van der Waals surface area contributed by atoms with Crippen molar-refractivity contribution in [3.05, 3.63) is 24.3 Å². The zero-order chi connectivity index (χ0) is 15.0. The molecule has 1 aromatic rings. The Morgan fingerprint density at radius 3 is 2.62 bits per heavy atom. The summed E-state index contributed by atoms with van der Waals surface area (Å²) in [7, 11) is 0. The van der Waals surface area contributed by atoms with Crippen molar-refractivity contribution in [1.82, 2.24) is 4.90 Å². The summed E-state index contributed by atoms with van der Waals surface area (Å²) in [6, 6.07) is 7.45. The van der Waals surface area contributed by atoms with Gasteiger partial charge in [0.2, 0.25) is 11.8 Å². The minimum atomic E-state index is -1.17. The minimum Gasteiger partial charge on any atom is -0.340 e. The largest absolute Gasteiger partial charge is 0.340 e. The minimum absolute atomic E-state index is 0.176. The molecule has 1 fully saturated rings. The molecule has 21 heavy (non-hydrogen) atoms. The number of Topliss-reactive ketones (excluding diaryl/α,β-unsaturated/α-hetero) is 1. The molecule has 1 atom stereocenters. The van der Waals surface area contributed by atoms with Crippen molar-refractivity contribution in [3.8, 4) is 0 Å². The Labute approximate surface area is 127 Å². The highest BCUT2D eigenvalue weighted by Gasteiger charge is 2.48. The number of hydrogen-bond acceptors (Lipinski definition) is 4. The van der Waals surface area contributed by atoms with Crippen LogP contribution in [0, 0.1) is 0 Å². The molecule has 2 aliphatic heterocycles. The first-order chi connectivity index (χ1) is 10.0. The van der Waals surface area contributed by atoms with Gasteiger partial charge in [-0.25, -0.2) is 0 Å². The fourth-order valence-electron chi connectivity index (χ4n) is 2.57. The zero-order valence-corrected chi connectivity index (χ0v) is 12.5. The van der Waals surface area contributed by atoms with Crippen LogP contribution in [0.2, 0.25) is 0 Å². The number of carbonyl (C=O) groups is 3. The lowest BCUT2D eigenvalue weighted by molar-refractivity contribution is -0.139. The number of amides is 2. The molecule has 1 unspecified atom stereocenters. The van der Waals surface area contributed by atoms with Crippen LogP contribution in [0.1, 0.15) is 19.8 Å². The number of likely N-dealkylation sites (tertiary alicyclic amines) is 1. The van der Waals surface area contributed by atoms with Crippen LogP contribution in [-0.4, -0.2) is 40.3 Å². The van der Waals surface area contributed by atoms with Crippen LogP contribution in [0.5, 0.6) is 0 Å². The molecule has 0 aromatic heterocycles. The topological polar surface area (TPSA) is 66.5 Å². The molecule has 1 aromatic carbocycles.